The minimum Gasteiger partial charge on any atom is -0.469 e. The first-order valence-electron chi connectivity index (χ1n) is 5.28. The normalized spacial score (nSPS) is 10.6. The van der Waals surface area contributed by atoms with Crippen LogP contribution in [0.15, 0.2) is 27.3 Å². The fourth-order valence-corrected chi connectivity index (χ4v) is 1.49. The highest BCUT2D eigenvalue weighted by molar-refractivity contribution is 9.10. The van der Waals surface area contributed by atoms with Gasteiger partial charge in [0, 0.05) is 19.7 Å². The van der Waals surface area contributed by atoms with E-state index < -0.39 is 0 Å². The van der Waals surface area contributed by atoms with Crippen LogP contribution >= 0.6 is 15.9 Å². The van der Waals surface area contributed by atoms with Crippen molar-refractivity contribution in [2.75, 3.05) is 20.7 Å². The van der Waals surface area contributed by atoms with Crippen molar-refractivity contribution in [2.45, 2.75) is 6.42 Å². The minimum atomic E-state index is -0.339. The topological polar surface area (TPSA) is 59.8 Å². The van der Waals surface area contributed by atoms with Gasteiger partial charge < -0.3 is 14.1 Å². The number of ether oxygens (including phenoxy) is 1. The van der Waals surface area contributed by atoms with E-state index in [1.165, 1.54) is 18.1 Å². The fourth-order valence-electron chi connectivity index (χ4n) is 1.17. The van der Waals surface area contributed by atoms with E-state index in [2.05, 4.69) is 20.7 Å². The third-order valence-electron chi connectivity index (χ3n) is 2.24. The van der Waals surface area contributed by atoms with Crippen molar-refractivity contribution in [1.82, 2.24) is 4.90 Å². The van der Waals surface area contributed by atoms with Crippen LogP contribution in [-0.2, 0) is 14.3 Å². The Morgan fingerprint density at radius 2 is 2.22 bits per heavy atom. The molecule has 0 atom stereocenters. The lowest BCUT2D eigenvalue weighted by Gasteiger charge is -2.13. The average Bonchev–Trinajstić information content (AvgIpc) is 2.78. The SMILES string of the molecule is COC(=O)CCN(C)C(=O)C=Cc1ccc(Br)o1. The molecule has 0 bridgehead atoms. The number of nitrogens with zero attached hydrogens (tertiary/aromatic N) is 1. The maximum atomic E-state index is 11.7. The van der Waals surface area contributed by atoms with Crippen molar-refractivity contribution < 1.29 is 18.7 Å². The summed E-state index contributed by atoms with van der Waals surface area (Å²) in [6, 6.07) is 3.48. The van der Waals surface area contributed by atoms with Gasteiger partial charge in [-0.05, 0) is 34.1 Å². The highest BCUT2D eigenvalue weighted by atomic mass is 79.9. The van der Waals surface area contributed by atoms with Crippen LogP contribution in [0.5, 0.6) is 0 Å². The maximum absolute atomic E-state index is 11.7. The highest BCUT2D eigenvalue weighted by Crippen LogP contribution is 2.15. The molecule has 1 aromatic heterocycles. The van der Waals surface area contributed by atoms with Crippen LogP contribution in [-0.4, -0.2) is 37.5 Å². The zero-order valence-corrected chi connectivity index (χ0v) is 11.8. The van der Waals surface area contributed by atoms with Crippen LogP contribution in [0, 0.1) is 0 Å². The smallest absolute Gasteiger partial charge is 0.307 e. The van der Waals surface area contributed by atoms with Gasteiger partial charge in [0.1, 0.15) is 5.76 Å². The Balaban J connectivity index is 2.44. The molecule has 0 fully saturated rings. The van der Waals surface area contributed by atoms with Gasteiger partial charge in [0.2, 0.25) is 5.91 Å². The van der Waals surface area contributed by atoms with Crippen LogP contribution in [0.2, 0.25) is 0 Å². The molecule has 0 aromatic carbocycles. The third kappa shape index (κ3) is 4.75. The van der Waals surface area contributed by atoms with E-state index in [-0.39, 0.29) is 18.3 Å². The van der Waals surface area contributed by atoms with E-state index in [1.807, 2.05) is 0 Å². The number of halogens is 1. The van der Waals surface area contributed by atoms with Crippen LogP contribution in [0.25, 0.3) is 6.08 Å². The number of hydrogen-bond acceptors (Lipinski definition) is 4. The molecule has 6 heteroatoms. The molecular weight excluding hydrogens is 302 g/mol. The van der Waals surface area contributed by atoms with E-state index in [1.54, 1.807) is 25.3 Å². The number of carbonyl (C=O) groups is 2. The van der Waals surface area contributed by atoms with E-state index in [0.29, 0.717) is 17.0 Å². The zero-order valence-electron chi connectivity index (χ0n) is 10.2. The standard InChI is InChI=1S/C12H14BrNO4/c1-14(8-7-12(16)17-2)11(15)6-4-9-3-5-10(13)18-9/h3-6H,7-8H2,1-2H3. The van der Waals surface area contributed by atoms with Gasteiger partial charge in [0.05, 0.1) is 13.5 Å². The first-order chi connectivity index (χ1) is 8.52. The van der Waals surface area contributed by atoms with Gasteiger partial charge in [0.15, 0.2) is 4.67 Å². The molecule has 1 amide bonds. The quantitative estimate of drug-likeness (QED) is 0.616. The van der Waals surface area contributed by atoms with Crippen LogP contribution in [0.1, 0.15) is 12.2 Å². The minimum absolute atomic E-state index is 0.179. The molecule has 0 aliphatic rings. The van der Waals surface area contributed by atoms with E-state index >= 15 is 0 Å². The first kappa shape index (κ1) is 14.5. The summed E-state index contributed by atoms with van der Waals surface area (Å²) in [6.07, 6.45) is 3.14. The summed E-state index contributed by atoms with van der Waals surface area (Å²) in [4.78, 5) is 24.0. The number of amides is 1. The van der Waals surface area contributed by atoms with Crippen molar-refractivity contribution in [1.29, 1.82) is 0 Å². The monoisotopic (exact) mass is 315 g/mol. The van der Waals surface area contributed by atoms with Crippen LogP contribution in [0.3, 0.4) is 0 Å². The van der Waals surface area contributed by atoms with Gasteiger partial charge in [-0.3, -0.25) is 9.59 Å². The molecule has 1 heterocycles. The molecule has 0 unspecified atom stereocenters. The summed E-state index contributed by atoms with van der Waals surface area (Å²) in [5.74, 6) is 0.0385. The Bertz CT molecular complexity index is 453. The molecule has 0 spiro atoms. The molecule has 0 aliphatic carbocycles. The maximum Gasteiger partial charge on any atom is 0.307 e. The van der Waals surface area contributed by atoms with Gasteiger partial charge in [0.25, 0.3) is 0 Å². The second-order valence-corrected chi connectivity index (χ2v) is 4.34. The average molecular weight is 316 g/mol. The predicted octanol–water partition coefficient (Wildman–Crippen LogP) is 2.08. The summed E-state index contributed by atoms with van der Waals surface area (Å²) >= 11 is 3.17. The number of carbonyl (C=O) groups excluding carboxylic acids is 2. The van der Waals surface area contributed by atoms with Crippen molar-refractivity contribution in [3.05, 3.63) is 28.6 Å². The van der Waals surface area contributed by atoms with Crippen LogP contribution in [0.4, 0.5) is 0 Å². The summed E-state index contributed by atoms with van der Waals surface area (Å²) in [7, 11) is 2.94. The van der Waals surface area contributed by atoms with Gasteiger partial charge in [-0.15, -0.1) is 0 Å². The highest BCUT2D eigenvalue weighted by Gasteiger charge is 2.08. The van der Waals surface area contributed by atoms with Crippen molar-refractivity contribution >= 4 is 33.9 Å². The molecular formula is C12H14BrNO4. The lowest BCUT2D eigenvalue weighted by molar-refractivity contribution is -0.141. The van der Waals surface area contributed by atoms with Gasteiger partial charge in [-0.2, -0.15) is 0 Å². The number of rotatable bonds is 5. The Labute approximate surface area is 114 Å². The Kier molecular flexibility index (Phi) is 5.64. The number of methoxy groups -OCH3 is 1. The fraction of sp³-hybridized carbons (Fsp3) is 0.333. The summed E-state index contributed by atoms with van der Waals surface area (Å²) in [5, 5.41) is 0. The molecule has 0 aliphatic heterocycles. The second-order valence-electron chi connectivity index (χ2n) is 3.56. The summed E-state index contributed by atoms with van der Waals surface area (Å²) in [6.45, 7) is 0.317. The molecule has 0 saturated carbocycles. The van der Waals surface area contributed by atoms with Crippen molar-refractivity contribution in [3.63, 3.8) is 0 Å². The number of hydrogen-bond donors (Lipinski definition) is 0. The van der Waals surface area contributed by atoms with Gasteiger partial charge >= 0.3 is 5.97 Å². The largest absolute Gasteiger partial charge is 0.469 e. The van der Waals surface area contributed by atoms with E-state index in [9.17, 15) is 9.59 Å². The van der Waals surface area contributed by atoms with Gasteiger partial charge in [-0.25, -0.2) is 0 Å². The number of furan rings is 1. The second kappa shape index (κ2) is 7.00. The van der Waals surface area contributed by atoms with Crippen LogP contribution < -0.4 is 0 Å². The van der Waals surface area contributed by atoms with E-state index in [0.717, 1.165) is 0 Å². The first-order valence-corrected chi connectivity index (χ1v) is 6.07. The van der Waals surface area contributed by atoms with E-state index in [4.69, 9.17) is 4.42 Å². The molecule has 98 valence electrons. The summed E-state index contributed by atoms with van der Waals surface area (Å²) in [5.41, 5.74) is 0. The summed E-state index contributed by atoms with van der Waals surface area (Å²) < 4.78 is 10.3. The molecule has 18 heavy (non-hydrogen) atoms. The molecule has 0 saturated heterocycles. The van der Waals surface area contributed by atoms with Gasteiger partial charge in [-0.1, -0.05) is 0 Å². The Morgan fingerprint density at radius 3 is 2.78 bits per heavy atom. The Hall–Kier alpha value is -1.56. The van der Waals surface area contributed by atoms with Crippen molar-refractivity contribution in [3.8, 4) is 0 Å². The molecule has 0 radical (unpaired) electrons. The molecule has 1 rings (SSSR count). The third-order valence-corrected chi connectivity index (χ3v) is 2.67. The molecule has 5 nitrogen and oxygen atoms in total. The zero-order chi connectivity index (χ0) is 13.5. The molecule has 1 aromatic rings. The lowest BCUT2D eigenvalue weighted by atomic mass is 10.3. The number of likely N-dealkylation sites (N-methyl/N-ethyl adjacent to an activating group) is 1. The number of esters is 1. The molecule has 0 N–H and O–H groups in total. The Morgan fingerprint density at radius 1 is 1.50 bits per heavy atom. The predicted molar refractivity (Wildman–Crippen MR) is 69.7 cm³/mol. The lowest BCUT2D eigenvalue weighted by Crippen LogP contribution is -2.27. The van der Waals surface area contributed by atoms with Crippen molar-refractivity contribution in [2.24, 2.45) is 0 Å².